The predicted octanol–water partition coefficient (Wildman–Crippen LogP) is 5.86. The van der Waals surface area contributed by atoms with Crippen molar-refractivity contribution in [3.05, 3.63) is 62.8 Å². The van der Waals surface area contributed by atoms with Crippen LogP contribution in [0.2, 0.25) is 0 Å². The van der Waals surface area contributed by atoms with E-state index in [9.17, 15) is 22.8 Å². The molecule has 0 radical (unpaired) electrons. The monoisotopic (exact) mass is 565 g/mol. The molecular formula is C23H19BrF3N5O2S. The van der Waals surface area contributed by atoms with E-state index in [4.69, 9.17) is 5.73 Å². The number of carbonyl (C=O) groups is 2. The highest BCUT2D eigenvalue weighted by molar-refractivity contribution is 9.10. The molecule has 12 heteroatoms. The first kappa shape index (κ1) is 24.9. The standard InChI is InChI=1S/C23H19BrF3N5O2S/c1-10-4-6-13(7-5-10)14-8-16(23(25,26)27)30-22-17(14)18(19(35-22)20(28)33)31-21(34)12(3)32-11(2)15(24)9-29-32/h4-9,12H,1-3H3,(H2,28,33)(H,31,34). The fourth-order valence-corrected chi connectivity index (χ4v) is 4.91. The Morgan fingerprint density at radius 3 is 2.40 bits per heavy atom. The number of carbonyl (C=O) groups excluding carboxylic acids is 2. The lowest BCUT2D eigenvalue weighted by Crippen LogP contribution is -2.26. The summed E-state index contributed by atoms with van der Waals surface area (Å²) in [6.07, 6.45) is -3.17. The molecule has 0 aliphatic carbocycles. The summed E-state index contributed by atoms with van der Waals surface area (Å²) in [5.41, 5.74) is 6.73. The Hall–Kier alpha value is -3.25. The van der Waals surface area contributed by atoms with Crippen LogP contribution in [0.4, 0.5) is 18.9 Å². The first-order valence-electron chi connectivity index (χ1n) is 10.3. The van der Waals surface area contributed by atoms with E-state index in [0.717, 1.165) is 11.6 Å². The molecule has 0 saturated carbocycles. The molecule has 3 heterocycles. The zero-order chi connectivity index (χ0) is 25.7. The molecule has 3 aromatic heterocycles. The summed E-state index contributed by atoms with van der Waals surface area (Å²) in [6, 6.07) is 6.99. The second kappa shape index (κ2) is 9.08. The molecule has 7 nitrogen and oxygen atoms in total. The van der Waals surface area contributed by atoms with Crippen molar-refractivity contribution in [2.45, 2.75) is 33.0 Å². The minimum atomic E-state index is -4.71. The molecular weight excluding hydrogens is 547 g/mol. The van der Waals surface area contributed by atoms with Gasteiger partial charge in [-0.3, -0.25) is 14.3 Å². The minimum absolute atomic E-state index is 0.0232. The Morgan fingerprint density at radius 1 is 1.20 bits per heavy atom. The van der Waals surface area contributed by atoms with E-state index in [2.05, 4.69) is 31.3 Å². The maximum Gasteiger partial charge on any atom is 0.433 e. The molecule has 0 spiro atoms. The molecule has 1 aromatic carbocycles. The third-order valence-corrected chi connectivity index (χ3v) is 7.39. The second-order valence-corrected chi connectivity index (χ2v) is 9.81. The van der Waals surface area contributed by atoms with Crippen LogP contribution >= 0.6 is 27.3 Å². The molecule has 0 aliphatic rings. The van der Waals surface area contributed by atoms with E-state index >= 15 is 0 Å². The SMILES string of the molecule is Cc1ccc(-c2cc(C(F)(F)F)nc3sc(C(N)=O)c(NC(=O)C(C)n4ncc(Br)c4C)c23)cc1. The van der Waals surface area contributed by atoms with E-state index < -0.39 is 29.7 Å². The molecule has 0 saturated heterocycles. The van der Waals surface area contributed by atoms with Crippen molar-refractivity contribution in [2.75, 3.05) is 5.32 Å². The fraction of sp³-hybridized carbons (Fsp3) is 0.217. The van der Waals surface area contributed by atoms with Gasteiger partial charge in [-0.25, -0.2) is 4.98 Å². The number of aryl methyl sites for hydroxylation is 1. The number of hydrogen-bond donors (Lipinski definition) is 2. The molecule has 0 fully saturated rings. The van der Waals surface area contributed by atoms with Gasteiger partial charge >= 0.3 is 6.18 Å². The van der Waals surface area contributed by atoms with Gasteiger partial charge in [0.2, 0.25) is 5.91 Å². The van der Waals surface area contributed by atoms with Crippen LogP contribution < -0.4 is 11.1 Å². The molecule has 1 atom stereocenters. The van der Waals surface area contributed by atoms with Gasteiger partial charge in [0.15, 0.2) is 0 Å². The highest BCUT2D eigenvalue weighted by Gasteiger charge is 2.35. The summed E-state index contributed by atoms with van der Waals surface area (Å²) < 4.78 is 43.2. The first-order chi connectivity index (χ1) is 16.4. The molecule has 2 amide bonds. The zero-order valence-corrected chi connectivity index (χ0v) is 21.1. The van der Waals surface area contributed by atoms with Gasteiger partial charge in [-0.1, -0.05) is 29.8 Å². The summed E-state index contributed by atoms with van der Waals surface area (Å²) in [5.74, 6) is -1.42. The average Bonchev–Trinajstić information content (AvgIpc) is 3.32. The number of fused-ring (bicyclic) bond motifs is 1. The van der Waals surface area contributed by atoms with Crippen LogP contribution in [0.1, 0.15) is 39.6 Å². The number of nitrogens with zero attached hydrogens (tertiary/aromatic N) is 3. The van der Waals surface area contributed by atoms with Gasteiger partial charge in [0.1, 0.15) is 21.4 Å². The molecule has 182 valence electrons. The summed E-state index contributed by atoms with van der Waals surface area (Å²) in [7, 11) is 0. The maximum atomic E-state index is 13.7. The maximum absolute atomic E-state index is 13.7. The number of primary amides is 1. The number of aromatic nitrogens is 3. The molecule has 1 unspecified atom stereocenters. The summed E-state index contributed by atoms with van der Waals surface area (Å²) >= 11 is 4.05. The summed E-state index contributed by atoms with van der Waals surface area (Å²) in [4.78, 5) is 29.0. The van der Waals surface area contributed by atoms with Gasteiger partial charge in [0.25, 0.3) is 5.91 Å². The Kier molecular flexibility index (Phi) is 6.45. The lowest BCUT2D eigenvalue weighted by atomic mass is 10.00. The van der Waals surface area contributed by atoms with Crippen LogP contribution in [0.25, 0.3) is 21.3 Å². The molecule has 4 aromatic rings. The van der Waals surface area contributed by atoms with Crippen LogP contribution in [0.5, 0.6) is 0 Å². The van der Waals surface area contributed by atoms with Crippen molar-refractivity contribution in [1.29, 1.82) is 0 Å². The number of benzene rings is 1. The normalized spacial score (nSPS) is 12.7. The number of anilines is 1. The number of nitrogens with one attached hydrogen (secondary N) is 1. The van der Waals surface area contributed by atoms with Crippen molar-refractivity contribution < 1.29 is 22.8 Å². The van der Waals surface area contributed by atoms with Crippen LogP contribution in [0, 0.1) is 13.8 Å². The second-order valence-electron chi connectivity index (χ2n) is 7.96. The number of hydrogen-bond acceptors (Lipinski definition) is 5. The molecule has 3 N–H and O–H groups in total. The summed E-state index contributed by atoms with van der Waals surface area (Å²) in [5, 5.41) is 7.09. The lowest BCUT2D eigenvalue weighted by molar-refractivity contribution is -0.140. The van der Waals surface area contributed by atoms with Crippen LogP contribution in [-0.2, 0) is 11.0 Å². The van der Waals surface area contributed by atoms with Gasteiger partial charge in [0, 0.05) is 5.39 Å². The van der Waals surface area contributed by atoms with E-state index in [0.29, 0.717) is 27.1 Å². The first-order valence-corrected chi connectivity index (χ1v) is 11.9. The van der Waals surface area contributed by atoms with E-state index in [1.54, 1.807) is 44.3 Å². The lowest BCUT2D eigenvalue weighted by Gasteiger charge is -2.16. The molecule has 0 bridgehead atoms. The van der Waals surface area contributed by atoms with Crippen LogP contribution in [0.3, 0.4) is 0 Å². The van der Waals surface area contributed by atoms with E-state index in [1.807, 2.05) is 6.92 Å². The van der Waals surface area contributed by atoms with Crippen molar-refractivity contribution >= 4 is 55.0 Å². The average molecular weight is 566 g/mol. The van der Waals surface area contributed by atoms with Crippen molar-refractivity contribution in [3.8, 4) is 11.1 Å². The highest BCUT2D eigenvalue weighted by Crippen LogP contribution is 2.44. The molecule has 35 heavy (non-hydrogen) atoms. The van der Waals surface area contributed by atoms with Crippen LogP contribution in [-0.4, -0.2) is 26.6 Å². The van der Waals surface area contributed by atoms with Crippen molar-refractivity contribution in [3.63, 3.8) is 0 Å². The predicted molar refractivity (Wildman–Crippen MR) is 131 cm³/mol. The third kappa shape index (κ3) is 4.67. The number of nitrogens with two attached hydrogens (primary N) is 1. The quantitative estimate of drug-likeness (QED) is 0.316. The zero-order valence-electron chi connectivity index (χ0n) is 18.7. The number of halogens is 4. The van der Waals surface area contributed by atoms with Gasteiger partial charge in [0.05, 0.1) is 22.1 Å². The third-order valence-electron chi connectivity index (χ3n) is 5.52. The number of thiophene rings is 1. The molecule has 0 aliphatic heterocycles. The largest absolute Gasteiger partial charge is 0.433 e. The Balaban J connectivity index is 1.92. The van der Waals surface area contributed by atoms with Crippen molar-refractivity contribution in [2.24, 2.45) is 5.73 Å². The van der Waals surface area contributed by atoms with Crippen molar-refractivity contribution in [1.82, 2.24) is 14.8 Å². The van der Waals surface area contributed by atoms with Gasteiger partial charge in [-0.15, -0.1) is 11.3 Å². The Morgan fingerprint density at radius 2 is 1.86 bits per heavy atom. The number of amides is 2. The number of rotatable bonds is 5. The van der Waals surface area contributed by atoms with Gasteiger partial charge in [-0.05, 0) is 53.9 Å². The minimum Gasteiger partial charge on any atom is -0.365 e. The van der Waals surface area contributed by atoms with Gasteiger partial charge in [-0.2, -0.15) is 18.3 Å². The fourth-order valence-electron chi connectivity index (χ4n) is 3.63. The Labute approximate surface area is 210 Å². The van der Waals surface area contributed by atoms with E-state index in [1.165, 1.54) is 4.68 Å². The number of alkyl halides is 3. The smallest absolute Gasteiger partial charge is 0.365 e. The highest BCUT2D eigenvalue weighted by atomic mass is 79.9. The molecule has 4 rings (SSSR count). The van der Waals surface area contributed by atoms with E-state index in [-0.39, 0.29) is 26.3 Å². The number of pyridine rings is 1. The Bertz CT molecular complexity index is 1460. The topological polar surface area (TPSA) is 103 Å². The summed E-state index contributed by atoms with van der Waals surface area (Å²) in [6.45, 7) is 5.24. The van der Waals surface area contributed by atoms with Gasteiger partial charge < -0.3 is 11.1 Å². The van der Waals surface area contributed by atoms with Crippen LogP contribution in [0.15, 0.2) is 41.0 Å².